The van der Waals surface area contributed by atoms with Gasteiger partial charge in [0.15, 0.2) is 11.5 Å². The Morgan fingerprint density at radius 2 is 1.52 bits per heavy atom. The number of hydrazone groups is 1. The van der Waals surface area contributed by atoms with Gasteiger partial charge in [0.05, 0.1) is 26.0 Å². The maximum absolute atomic E-state index is 12.4. The molecule has 0 radical (unpaired) electrons. The number of benzene rings is 3. The van der Waals surface area contributed by atoms with Gasteiger partial charge in [-0.1, -0.05) is 18.2 Å². The summed E-state index contributed by atoms with van der Waals surface area (Å²) in [6, 6.07) is 19.7. The lowest BCUT2D eigenvalue weighted by atomic mass is 10.2. The molecule has 2 N–H and O–H groups in total. The summed E-state index contributed by atoms with van der Waals surface area (Å²) in [6.07, 6.45) is 1.35. The minimum absolute atomic E-state index is 0.301. The monoisotopic (exact) mass is 447 g/mol. The van der Waals surface area contributed by atoms with Crippen molar-refractivity contribution < 1.29 is 28.6 Å². The third kappa shape index (κ3) is 6.41. The average molecular weight is 447 g/mol. The van der Waals surface area contributed by atoms with Crippen LogP contribution in [0.5, 0.6) is 17.2 Å². The van der Waals surface area contributed by atoms with E-state index in [1.54, 1.807) is 66.7 Å². The summed E-state index contributed by atoms with van der Waals surface area (Å²) in [5, 5.41) is 6.21. The van der Waals surface area contributed by atoms with Crippen LogP contribution in [0.25, 0.3) is 0 Å². The van der Waals surface area contributed by atoms with E-state index in [0.29, 0.717) is 34.1 Å². The number of hydrogen-bond donors (Lipinski definition) is 2. The van der Waals surface area contributed by atoms with Crippen molar-refractivity contribution in [2.45, 2.75) is 0 Å². The van der Waals surface area contributed by atoms with Crippen molar-refractivity contribution in [1.29, 1.82) is 0 Å². The number of hydrogen-bond acceptors (Lipinski definition) is 7. The van der Waals surface area contributed by atoms with Gasteiger partial charge in [0.1, 0.15) is 5.75 Å². The molecule has 0 bridgehead atoms. The molecule has 0 saturated carbocycles. The van der Waals surface area contributed by atoms with Gasteiger partial charge in [0.2, 0.25) is 0 Å². The summed E-state index contributed by atoms with van der Waals surface area (Å²) >= 11 is 0. The van der Waals surface area contributed by atoms with Crippen LogP contribution >= 0.6 is 0 Å². The van der Waals surface area contributed by atoms with Gasteiger partial charge < -0.3 is 19.5 Å². The van der Waals surface area contributed by atoms with Gasteiger partial charge in [-0.3, -0.25) is 9.59 Å². The predicted molar refractivity (Wildman–Crippen MR) is 122 cm³/mol. The van der Waals surface area contributed by atoms with E-state index in [4.69, 9.17) is 14.2 Å². The minimum Gasteiger partial charge on any atom is -0.493 e. The van der Waals surface area contributed by atoms with E-state index in [-0.39, 0.29) is 0 Å². The number of esters is 1. The predicted octanol–water partition coefficient (Wildman–Crippen LogP) is 3.01. The highest BCUT2D eigenvalue weighted by molar-refractivity contribution is 6.39. The standard InChI is InChI=1S/C24H21N3O6/c1-31-20-13-10-17(14-21(20)32-2)24(30)33-19-11-8-16(9-12-19)15-25-27-23(29)22(28)26-18-6-4-3-5-7-18/h3-15H,1-2H3,(H,26,28)(H,27,29)/b25-15-. The number of ether oxygens (including phenoxy) is 3. The first-order chi connectivity index (χ1) is 16.0. The summed E-state index contributed by atoms with van der Waals surface area (Å²) in [5.41, 5.74) is 3.57. The van der Waals surface area contributed by atoms with Crippen LogP contribution in [0.15, 0.2) is 77.9 Å². The number of anilines is 1. The molecule has 0 aliphatic carbocycles. The first-order valence-electron chi connectivity index (χ1n) is 9.74. The van der Waals surface area contributed by atoms with Gasteiger partial charge in [0, 0.05) is 5.69 Å². The van der Waals surface area contributed by atoms with Crippen molar-refractivity contribution in [2.24, 2.45) is 5.10 Å². The van der Waals surface area contributed by atoms with Gasteiger partial charge in [-0.2, -0.15) is 5.10 Å². The molecule has 0 aliphatic heterocycles. The third-order valence-corrected chi connectivity index (χ3v) is 4.33. The van der Waals surface area contributed by atoms with Gasteiger partial charge in [-0.25, -0.2) is 10.2 Å². The quantitative estimate of drug-likeness (QED) is 0.189. The molecule has 9 heteroatoms. The van der Waals surface area contributed by atoms with Crippen molar-refractivity contribution >= 4 is 29.7 Å². The highest BCUT2D eigenvalue weighted by atomic mass is 16.5. The second-order valence-corrected chi connectivity index (χ2v) is 6.55. The molecule has 2 amide bonds. The Morgan fingerprint density at radius 3 is 2.18 bits per heavy atom. The van der Waals surface area contributed by atoms with Crippen molar-refractivity contribution in [2.75, 3.05) is 19.5 Å². The Bertz CT molecular complexity index is 1160. The van der Waals surface area contributed by atoms with E-state index in [2.05, 4.69) is 15.8 Å². The minimum atomic E-state index is -0.907. The van der Waals surface area contributed by atoms with Gasteiger partial charge >= 0.3 is 17.8 Å². The molecule has 0 spiro atoms. The second-order valence-electron chi connectivity index (χ2n) is 6.55. The number of carbonyl (C=O) groups is 3. The van der Waals surface area contributed by atoms with E-state index in [1.807, 2.05) is 0 Å². The Labute approximate surface area is 190 Å². The Morgan fingerprint density at radius 1 is 0.818 bits per heavy atom. The number of amides is 2. The van der Waals surface area contributed by atoms with Gasteiger partial charge in [-0.05, 0) is 60.2 Å². The van der Waals surface area contributed by atoms with Crippen molar-refractivity contribution in [3.8, 4) is 17.2 Å². The largest absolute Gasteiger partial charge is 0.493 e. The summed E-state index contributed by atoms with van der Waals surface area (Å²) < 4.78 is 15.7. The van der Waals surface area contributed by atoms with Crippen LogP contribution < -0.4 is 25.0 Å². The maximum Gasteiger partial charge on any atom is 0.343 e. The van der Waals surface area contributed by atoms with Crippen LogP contribution in [-0.4, -0.2) is 38.2 Å². The van der Waals surface area contributed by atoms with E-state index < -0.39 is 17.8 Å². The molecular formula is C24H21N3O6. The first kappa shape index (κ1) is 23.0. The number of nitrogens with zero attached hydrogens (tertiary/aromatic N) is 1. The Balaban J connectivity index is 1.53. The molecule has 0 saturated heterocycles. The van der Waals surface area contributed by atoms with Crippen molar-refractivity contribution in [3.63, 3.8) is 0 Å². The fourth-order valence-corrected chi connectivity index (χ4v) is 2.68. The Kier molecular flexibility index (Phi) is 7.74. The number of methoxy groups -OCH3 is 2. The molecule has 33 heavy (non-hydrogen) atoms. The number of para-hydroxylation sites is 1. The van der Waals surface area contributed by atoms with Crippen LogP contribution in [0.3, 0.4) is 0 Å². The van der Waals surface area contributed by atoms with Crippen LogP contribution in [-0.2, 0) is 9.59 Å². The SMILES string of the molecule is COc1ccc(C(=O)Oc2ccc(/C=N\NC(=O)C(=O)Nc3ccccc3)cc2)cc1OC. The molecule has 0 fully saturated rings. The van der Waals surface area contributed by atoms with Crippen LogP contribution in [0.4, 0.5) is 5.69 Å². The molecule has 0 aliphatic rings. The van der Waals surface area contributed by atoms with E-state index >= 15 is 0 Å². The summed E-state index contributed by atoms with van der Waals surface area (Å²) in [6.45, 7) is 0. The van der Waals surface area contributed by atoms with Crippen LogP contribution in [0.1, 0.15) is 15.9 Å². The molecule has 0 unspecified atom stereocenters. The summed E-state index contributed by atoms with van der Waals surface area (Å²) in [4.78, 5) is 36.0. The fourth-order valence-electron chi connectivity index (χ4n) is 2.68. The zero-order valence-electron chi connectivity index (χ0n) is 17.9. The first-order valence-corrected chi connectivity index (χ1v) is 9.74. The fraction of sp³-hybridized carbons (Fsp3) is 0.0833. The zero-order chi connectivity index (χ0) is 23.6. The average Bonchev–Trinajstić information content (AvgIpc) is 2.85. The number of rotatable bonds is 7. The lowest BCUT2D eigenvalue weighted by Gasteiger charge is -2.09. The lowest BCUT2D eigenvalue weighted by molar-refractivity contribution is -0.136. The topological polar surface area (TPSA) is 115 Å². The number of nitrogens with one attached hydrogen (secondary N) is 2. The van der Waals surface area contributed by atoms with Crippen molar-refractivity contribution in [1.82, 2.24) is 5.43 Å². The van der Waals surface area contributed by atoms with E-state index in [1.165, 1.54) is 26.5 Å². The Hall–Kier alpha value is -4.66. The smallest absolute Gasteiger partial charge is 0.343 e. The van der Waals surface area contributed by atoms with E-state index in [9.17, 15) is 14.4 Å². The molecule has 3 rings (SSSR count). The zero-order valence-corrected chi connectivity index (χ0v) is 17.9. The highest BCUT2D eigenvalue weighted by Gasteiger charge is 2.14. The molecule has 168 valence electrons. The normalized spacial score (nSPS) is 10.4. The number of carbonyl (C=O) groups excluding carboxylic acids is 3. The van der Waals surface area contributed by atoms with Crippen molar-refractivity contribution in [3.05, 3.63) is 83.9 Å². The van der Waals surface area contributed by atoms with E-state index in [0.717, 1.165) is 0 Å². The third-order valence-electron chi connectivity index (χ3n) is 4.33. The molecule has 0 aromatic heterocycles. The van der Waals surface area contributed by atoms with Gasteiger partial charge in [0.25, 0.3) is 0 Å². The summed E-state index contributed by atoms with van der Waals surface area (Å²) in [5.74, 6) is -1.07. The molecule has 3 aromatic rings. The maximum atomic E-state index is 12.4. The molecular weight excluding hydrogens is 426 g/mol. The lowest BCUT2D eigenvalue weighted by Crippen LogP contribution is -2.32. The van der Waals surface area contributed by atoms with Crippen LogP contribution in [0.2, 0.25) is 0 Å². The molecule has 3 aromatic carbocycles. The second kappa shape index (κ2) is 11.1. The molecule has 9 nitrogen and oxygen atoms in total. The van der Waals surface area contributed by atoms with Crippen LogP contribution in [0, 0.1) is 0 Å². The summed E-state index contributed by atoms with van der Waals surface area (Å²) in [7, 11) is 2.98. The highest BCUT2D eigenvalue weighted by Crippen LogP contribution is 2.28. The molecule has 0 atom stereocenters. The van der Waals surface area contributed by atoms with Gasteiger partial charge in [-0.15, -0.1) is 0 Å². The molecule has 0 heterocycles.